The molecule has 1 N–H and O–H groups in total. The minimum absolute atomic E-state index is 0.128. The lowest BCUT2D eigenvalue weighted by atomic mass is 9.94. The highest BCUT2D eigenvalue weighted by molar-refractivity contribution is 6.09. The predicted octanol–water partition coefficient (Wildman–Crippen LogP) is 5.44. The number of nitrogens with one attached hydrogen (secondary N) is 1. The number of para-hydroxylation sites is 1. The zero-order chi connectivity index (χ0) is 23.9. The third-order valence-electron chi connectivity index (χ3n) is 6.41. The van der Waals surface area contributed by atoms with Crippen molar-refractivity contribution >= 4 is 17.5 Å². The van der Waals surface area contributed by atoms with Crippen LogP contribution in [-0.2, 0) is 4.79 Å². The topological polar surface area (TPSA) is 75.2 Å². The summed E-state index contributed by atoms with van der Waals surface area (Å²) in [7, 11) is 0. The molecule has 6 heteroatoms. The van der Waals surface area contributed by atoms with E-state index in [0.717, 1.165) is 31.2 Å². The Morgan fingerprint density at radius 3 is 2.21 bits per heavy atom. The molecule has 6 nitrogen and oxygen atoms in total. The Bertz CT molecular complexity index is 1080. The van der Waals surface area contributed by atoms with Gasteiger partial charge in [0, 0.05) is 24.1 Å². The van der Waals surface area contributed by atoms with E-state index in [1.165, 1.54) is 30.6 Å². The maximum absolute atomic E-state index is 13.8. The van der Waals surface area contributed by atoms with Crippen molar-refractivity contribution in [3.63, 3.8) is 0 Å². The quantitative estimate of drug-likeness (QED) is 0.514. The van der Waals surface area contributed by atoms with Gasteiger partial charge in [-0.25, -0.2) is 4.98 Å². The summed E-state index contributed by atoms with van der Waals surface area (Å²) in [5.41, 5.74) is 2.77. The number of hydrogen-bond acceptors (Lipinski definition) is 4. The van der Waals surface area contributed by atoms with Crippen LogP contribution >= 0.6 is 0 Å². The SMILES string of the molecule is CC(C)c1ccc([C@H](C(=O)NC2CCCCC2)N(C(=O)c2cnccn2)c2ccccc2)cc1. The van der Waals surface area contributed by atoms with Crippen molar-refractivity contribution in [2.45, 2.75) is 64.0 Å². The van der Waals surface area contributed by atoms with E-state index in [9.17, 15) is 9.59 Å². The molecule has 1 heterocycles. The van der Waals surface area contributed by atoms with Gasteiger partial charge in [-0.2, -0.15) is 0 Å². The molecule has 1 fully saturated rings. The van der Waals surface area contributed by atoms with Crippen molar-refractivity contribution in [3.8, 4) is 0 Å². The molecule has 0 unspecified atom stereocenters. The summed E-state index contributed by atoms with van der Waals surface area (Å²) >= 11 is 0. The molecule has 1 aromatic heterocycles. The Hall–Kier alpha value is -3.54. The summed E-state index contributed by atoms with van der Waals surface area (Å²) in [4.78, 5) is 37.5. The van der Waals surface area contributed by atoms with Crippen LogP contribution < -0.4 is 10.2 Å². The number of carbonyl (C=O) groups excluding carboxylic acids is 2. The van der Waals surface area contributed by atoms with E-state index < -0.39 is 6.04 Å². The molecule has 0 saturated heterocycles. The molecule has 1 atom stereocenters. The molecule has 0 spiro atoms. The molecular weight excluding hydrogens is 424 g/mol. The van der Waals surface area contributed by atoms with E-state index >= 15 is 0 Å². The Balaban J connectivity index is 1.78. The van der Waals surface area contributed by atoms with Gasteiger partial charge in [0.2, 0.25) is 5.91 Å². The second-order valence-electron chi connectivity index (χ2n) is 9.17. The number of amides is 2. The van der Waals surface area contributed by atoms with Gasteiger partial charge in [-0.3, -0.25) is 19.5 Å². The fraction of sp³-hybridized carbons (Fsp3) is 0.357. The second kappa shape index (κ2) is 11.1. The van der Waals surface area contributed by atoms with Gasteiger partial charge in [0.15, 0.2) is 0 Å². The first-order valence-electron chi connectivity index (χ1n) is 12.1. The van der Waals surface area contributed by atoms with Crippen LogP contribution in [0.15, 0.2) is 73.2 Å². The van der Waals surface area contributed by atoms with E-state index in [1.807, 2.05) is 54.6 Å². The Labute approximate surface area is 201 Å². The molecule has 4 rings (SSSR count). The van der Waals surface area contributed by atoms with Crippen LogP contribution in [0.4, 0.5) is 5.69 Å². The first-order chi connectivity index (χ1) is 16.5. The Kier molecular flexibility index (Phi) is 7.68. The van der Waals surface area contributed by atoms with Crippen molar-refractivity contribution in [2.75, 3.05) is 4.90 Å². The van der Waals surface area contributed by atoms with Gasteiger partial charge in [0.25, 0.3) is 5.91 Å². The maximum atomic E-state index is 13.8. The van der Waals surface area contributed by atoms with E-state index in [0.29, 0.717) is 11.6 Å². The third-order valence-corrected chi connectivity index (χ3v) is 6.41. The smallest absolute Gasteiger partial charge is 0.279 e. The number of aromatic nitrogens is 2. The highest BCUT2D eigenvalue weighted by Crippen LogP contribution is 2.31. The normalized spacial score (nSPS) is 15.0. The standard InChI is InChI=1S/C28H32N4O2/c1-20(2)21-13-15-22(16-14-21)26(27(33)31-23-9-5-3-6-10-23)32(24-11-7-4-8-12-24)28(34)25-19-29-17-18-30-25/h4,7-8,11-20,23,26H,3,5-6,9-10H2,1-2H3,(H,31,33)/t26-/m1/s1. The minimum atomic E-state index is -0.833. The number of anilines is 1. The molecule has 34 heavy (non-hydrogen) atoms. The largest absolute Gasteiger partial charge is 0.351 e. The van der Waals surface area contributed by atoms with Crippen molar-refractivity contribution < 1.29 is 9.59 Å². The molecule has 1 saturated carbocycles. The summed E-state index contributed by atoms with van der Waals surface area (Å²) in [6.45, 7) is 4.27. The number of hydrogen-bond donors (Lipinski definition) is 1. The van der Waals surface area contributed by atoms with E-state index in [1.54, 1.807) is 4.90 Å². The van der Waals surface area contributed by atoms with Gasteiger partial charge in [-0.05, 0) is 42.0 Å². The third kappa shape index (κ3) is 5.50. The zero-order valence-electron chi connectivity index (χ0n) is 19.9. The summed E-state index contributed by atoms with van der Waals surface area (Å²) in [6.07, 6.45) is 9.82. The fourth-order valence-electron chi connectivity index (χ4n) is 4.51. The van der Waals surface area contributed by atoms with E-state index in [2.05, 4.69) is 29.1 Å². The maximum Gasteiger partial charge on any atom is 0.279 e. The Morgan fingerprint density at radius 2 is 1.59 bits per heavy atom. The van der Waals surface area contributed by atoms with Crippen LogP contribution in [0.3, 0.4) is 0 Å². The van der Waals surface area contributed by atoms with Crippen molar-refractivity contribution in [3.05, 3.63) is 90.0 Å². The summed E-state index contributed by atoms with van der Waals surface area (Å²) in [5, 5.41) is 3.24. The van der Waals surface area contributed by atoms with Crippen LogP contribution in [0.1, 0.15) is 79.5 Å². The monoisotopic (exact) mass is 456 g/mol. The molecular formula is C28H32N4O2. The highest BCUT2D eigenvalue weighted by atomic mass is 16.2. The molecule has 2 aromatic carbocycles. The molecule has 3 aromatic rings. The molecule has 1 aliphatic rings. The number of carbonyl (C=O) groups is 2. The van der Waals surface area contributed by atoms with Gasteiger partial charge < -0.3 is 5.32 Å². The molecule has 0 bridgehead atoms. The zero-order valence-corrected chi connectivity index (χ0v) is 19.9. The predicted molar refractivity (Wildman–Crippen MR) is 134 cm³/mol. The molecule has 0 radical (unpaired) electrons. The summed E-state index contributed by atoms with van der Waals surface area (Å²) in [5.74, 6) is -0.170. The van der Waals surface area contributed by atoms with Crippen molar-refractivity contribution in [2.24, 2.45) is 0 Å². The average molecular weight is 457 g/mol. The molecule has 0 aliphatic heterocycles. The summed E-state index contributed by atoms with van der Waals surface area (Å²) in [6, 6.07) is 16.6. The first kappa shape index (κ1) is 23.6. The Morgan fingerprint density at radius 1 is 0.912 bits per heavy atom. The number of nitrogens with zero attached hydrogens (tertiary/aromatic N) is 3. The van der Waals surface area contributed by atoms with Crippen molar-refractivity contribution in [1.82, 2.24) is 15.3 Å². The minimum Gasteiger partial charge on any atom is -0.351 e. The first-order valence-corrected chi connectivity index (χ1v) is 12.1. The lowest BCUT2D eigenvalue weighted by Gasteiger charge is -2.33. The molecule has 1 aliphatic carbocycles. The van der Waals surface area contributed by atoms with Crippen LogP contribution in [0.5, 0.6) is 0 Å². The number of benzene rings is 2. The van der Waals surface area contributed by atoms with Gasteiger partial charge in [0.05, 0.1) is 6.20 Å². The lowest BCUT2D eigenvalue weighted by Crippen LogP contribution is -2.47. The average Bonchev–Trinajstić information content (AvgIpc) is 2.88. The van der Waals surface area contributed by atoms with Gasteiger partial charge in [-0.15, -0.1) is 0 Å². The van der Waals surface area contributed by atoms with Gasteiger partial charge >= 0.3 is 0 Å². The highest BCUT2D eigenvalue weighted by Gasteiger charge is 2.35. The molecule has 2 amide bonds. The van der Waals surface area contributed by atoms with Crippen LogP contribution in [0.25, 0.3) is 0 Å². The van der Waals surface area contributed by atoms with Crippen LogP contribution in [0, 0.1) is 0 Å². The van der Waals surface area contributed by atoms with E-state index in [-0.39, 0.29) is 23.6 Å². The number of rotatable bonds is 7. The lowest BCUT2D eigenvalue weighted by molar-refractivity contribution is -0.123. The fourth-order valence-corrected chi connectivity index (χ4v) is 4.51. The van der Waals surface area contributed by atoms with Crippen LogP contribution in [0.2, 0.25) is 0 Å². The van der Waals surface area contributed by atoms with E-state index in [4.69, 9.17) is 0 Å². The van der Waals surface area contributed by atoms with Crippen LogP contribution in [-0.4, -0.2) is 27.8 Å². The van der Waals surface area contributed by atoms with Gasteiger partial charge in [-0.1, -0.05) is 75.6 Å². The summed E-state index contributed by atoms with van der Waals surface area (Å²) < 4.78 is 0. The van der Waals surface area contributed by atoms with Crippen molar-refractivity contribution in [1.29, 1.82) is 0 Å². The second-order valence-corrected chi connectivity index (χ2v) is 9.17. The van der Waals surface area contributed by atoms with Gasteiger partial charge in [0.1, 0.15) is 11.7 Å². The molecule has 176 valence electrons.